The lowest BCUT2D eigenvalue weighted by Crippen LogP contribution is -2.74. The summed E-state index contributed by atoms with van der Waals surface area (Å²) < 4.78 is 5.49. The first-order valence-corrected chi connectivity index (χ1v) is 15.7. The lowest BCUT2D eigenvalue weighted by molar-refractivity contribution is 0.0994. The van der Waals surface area contributed by atoms with Crippen LogP contribution in [0.25, 0.3) is 11.0 Å². The highest BCUT2D eigenvalue weighted by Crippen LogP contribution is 2.19. The number of fused-ring (bicyclic) bond motifs is 1. The average molecular weight is 541 g/mol. The van der Waals surface area contributed by atoms with E-state index in [1.54, 1.807) is 0 Å². The Morgan fingerprint density at radius 1 is 0.575 bits per heavy atom. The van der Waals surface area contributed by atoms with Crippen molar-refractivity contribution in [3.8, 4) is 0 Å². The fraction of sp³-hybridized carbons (Fsp3) is 0.0833. The summed E-state index contributed by atoms with van der Waals surface area (Å²) in [7, 11) is 0.123. The van der Waals surface area contributed by atoms with E-state index < -0.39 is 6.15 Å². The summed E-state index contributed by atoms with van der Waals surface area (Å²) in [5.41, 5.74) is 6.14. The minimum atomic E-state index is -1.22. The van der Waals surface area contributed by atoms with Crippen LogP contribution >= 0.6 is 0 Å². The number of hydrogen-bond donors (Lipinski definition) is 0. The van der Waals surface area contributed by atoms with Crippen LogP contribution in [-0.4, -0.2) is 30.2 Å². The number of furan rings is 1. The maximum Gasteiger partial charge on any atom is 0.246 e. The van der Waals surface area contributed by atoms with Gasteiger partial charge in [0.25, 0.3) is 0 Å². The van der Waals surface area contributed by atoms with Crippen LogP contribution in [0.15, 0.2) is 156 Å². The molecule has 0 aliphatic rings. The van der Waals surface area contributed by atoms with Crippen LogP contribution in [0.2, 0.25) is 0 Å². The highest BCUT2D eigenvalue weighted by atomic mass is 32.2. The fourth-order valence-corrected chi connectivity index (χ4v) is 6.24. The molecule has 2 nitrogen and oxygen atoms in total. The van der Waals surface area contributed by atoms with Gasteiger partial charge in [-0.15, -0.1) is 0 Å². The highest BCUT2D eigenvalue weighted by molar-refractivity contribution is 7.96. The topological polar surface area (TPSA) is 30.2 Å². The first-order valence-electron chi connectivity index (χ1n) is 13.5. The van der Waals surface area contributed by atoms with Gasteiger partial charge < -0.3 is 4.42 Å². The summed E-state index contributed by atoms with van der Waals surface area (Å²) in [5.74, 6) is 1.15. The van der Waals surface area contributed by atoms with Gasteiger partial charge in [-0.1, -0.05) is 140 Å². The van der Waals surface area contributed by atoms with Crippen molar-refractivity contribution in [3.63, 3.8) is 0 Å². The molecule has 0 N–H and O–H groups in total. The van der Waals surface area contributed by atoms with E-state index in [1.807, 2.05) is 30.3 Å². The Morgan fingerprint density at radius 3 is 1.32 bits per heavy atom. The number of benzene rings is 5. The summed E-state index contributed by atoms with van der Waals surface area (Å²) in [6, 6.07) is 53.0. The fourth-order valence-electron chi connectivity index (χ4n) is 5.57. The maximum absolute atomic E-state index is 11.7. The molecule has 0 amide bonds. The molecular weight excluding hydrogens is 507 g/mol. The first-order chi connectivity index (χ1) is 19.6. The van der Waals surface area contributed by atoms with Crippen LogP contribution in [0.1, 0.15) is 10.6 Å². The molecule has 5 aromatic carbocycles. The van der Waals surface area contributed by atoms with Gasteiger partial charge in [-0.05, 0) is 23.0 Å². The third-order valence-corrected chi connectivity index (χ3v) is 8.16. The largest absolute Gasteiger partial charge is 0.453 e. The zero-order chi connectivity index (χ0) is 27.8. The van der Waals surface area contributed by atoms with Gasteiger partial charge in [0.05, 0.1) is 12.5 Å². The molecule has 4 heteroatoms. The second-order valence-electron chi connectivity index (χ2n) is 10.2. The van der Waals surface area contributed by atoms with E-state index >= 15 is 0 Å². The predicted molar refractivity (Wildman–Crippen MR) is 175 cm³/mol. The third-order valence-electron chi connectivity index (χ3n) is 7.32. The van der Waals surface area contributed by atoms with Gasteiger partial charge >= 0.3 is 0 Å². The first kappa shape index (κ1) is 27.3. The smallest absolute Gasteiger partial charge is 0.246 e. The molecular formula is C36H33BO2S. The van der Waals surface area contributed by atoms with E-state index in [1.165, 1.54) is 21.9 Å². The minimum Gasteiger partial charge on any atom is -0.453 e. The van der Waals surface area contributed by atoms with E-state index in [0.29, 0.717) is 11.5 Å². The van der Waals surface area contributed by atoms with Gasteiger partial charge in [-0.25, -0.2) is 0 Å². The van der Waals surface area contributed by atoms with E-state index in [2.05, 4.69) is 134 Å². The number of rotatable bonds is 7. The molecule has 0 saturated carbocycles. The number of ketones is 1. The van der Waals surface area contributed by atoms with Gasteiger partial charge in [0.2, 0.25) is 5.78 Å². The van der Waals surface area contributed by atoms with Crippen LogP contribution in [0.4, 0.5) is 0 Å². The molecule has 0 aliphatic carbocycles. The van der Waals surface area contributed by atoms with Crippen LogP contribution in [0.5, 0.6) is 0 Å². The maximum atomic E-state index is 11.7. The van der Waals surface area contributed by atoms with Crippen molar-refractivity contribution in [2.45, 2.75) is 0 Å². The molecule has 0 radical (unpaired) electrons. The van der Waals surface area contributed by atoms with Crippen molar-refractivity contribution in [1.29, 1.82) is 0 Å². The second kappa shape index (κ2) is 12.7. The van der Waals surface area contributed by atoms with Gasteiger partial charge in [-0.3, -0.25) is 4.79 Å². The molecule has 0 fully saturated rings. The normalized spacial score (nSPS) is 11.2. The van der Waals surface area contributed by atoms with Crippen molar-refractivity contribution in [3.05, 3.63) is 157 Å². The number of carbonyl (C=O) groups is 1. The molecule has 6 aromatic rings. The summed E-state index contributed by atoms with van der Waals surface area (Å²) in [6.45, 7) is 0. The Kier molecular flexibility index (Phi) is 8.68. The Bertz CT molecular complexity index is 1450. The van der Waals surface area contributed by atoms with Crippen molar-refractivity contribution < 1.29 is 9.21 Å². The second-order valence-corrected chi connectivity index (χ2v) is 12.5. The molecule has 0 aliphatic heterocycles. The standard InChI is InChI=1S/C24H20B.C12H13O2S/c1-5-13-21(14-6-1)25(22-15-7-2-8-16-22,23-17-9-3-10-18-23)24-19-11-4-12-20-24;1-15(2)8-10(13)12-7-9-5-3-4-6-11(9)14-12/h1-20H;3-7H,8H2,1-2H3/q-1;+1. The molecule has 40 heavy (non-hydrogen) atoms. The van der Waals surface area contributed by atoms with Crippen LogP contribution in [0.3, 0.4) is 0 Å². The lowest BCUT2D eigenvalue weighted by Gasteiger charge is -2.44. The molecule has 0 unspecified atom stereocenters. The van der Waals surface area contributed by atoms with E-state index in [4.69, 9.17) is 4.42 Å². The zero-order valence-corrected chi connectivity index (χ0v) is 23.8. The van der Waals surface area contributed by atoms with E-state index in [9.17, 15) is 4.79 Å². The van der Waals surface area contributed by atoms with Crippen molar-refractivity contribution in [1.82, 2.24) is 0 Å². The molecule has 198 valence electrons. The predicted octanol–water partition coefficient (Wildman–Crippen LogP) is 5.56. The molecule has 0 spiro atoms. The van der Waals surface area contributed by atoms with E-state index in [0.717, 1.165) is 11.0 Å². The van der Waals surface area contributed by atoms with Crippen LogP contribution < -0.4 is 21.9 Å². The molecule has 1 heterocycles. The number of Topliss-reactive ketones (excluding diaryl/α,β-unsaturated/α-hetero) is 1. The van der Waals surface area contributed by atoms with Gasteiger partial charge in [0.1, 0.15) is 11.7 Å². The zero-order valence-electron chi connectivity index (χ0n) is 22.9. The SMILES string of the molecule is C[S+](C)CC(=O)c1cc2ccccc2o1.c1ccc([B-](c2ccccc2)(c2ccccc2)c2ccccc2)cc1. The van der Waals surface area contributed by atoms with Crippen molar-refractivity contribution >= 4 is 55.6 Å². The lowest BCUT2D eigenvalue weighted by atomic mass is 9.13. The van der Waals surface area contributed by atoms with Crippen LogP contribution in [0, 0.1) is 0 Å². The number of para-hydroxylation sites is 1. The summed E-state index contributed by atoms with van der Waals surface area (Å²) in [4.78, 5) is 11.7. The Hall–Kier alpha value is -4.28. The van der Waals surface area contributed by atoms with Crippen molar-refractivity contribution in [2.75, 3.05) is 18.3 Å². The molecule has 1 aromatic heterocycles. The Morgan fingerprint density at radius 2 is 0.950 bits per heavy atom. The van der Waals surface area contributed by atoms with Gasteiger partial charge in [-0.2, -0.15) is 21.9 Å². The molecule has 6 rings (SSSR count). The Balaban J connectivity index is 0.000000184. The molecule has 0 bridgehead atoms. The highest BCUT2D eigenvalue weighted by Gasteiger charge is 2.31. The van der Waals surface area contributed by atoms with Gasteiger partial charge in [0.15, 0.2) is 11.5 Å². The van der Waals surface area contributed by atoms with Gasteiger partial charge in [0, 0.05) is 5.39 Å². The number of carbonyl (C=O) groups excluding carboxylic acids is 1. The minimum absolute atomic E-state index is 0.0968. The Labute approximate surface area is 240 Å². The van der Waals surface area contributed by atoms with Crippen LogP contribution in [-0.2, 0) is 10.9 Å². The van der Waals surface area contributed by atoms with E-state index in [-0.39, 0.29) is 16.7 Å². The molecule has 0 saturated heterocycles. The third kappa shape index (κ3) is 5.83. The van der Waals surface area contributed by atoms with Crippen molar-refractivity contribution in [2.24, 2.45) is 0 Å². The summed E-state index contributed by atoms with van der Waals surface area (Å²) >= 11 is 0. The quantitative estimate of drug-likeness (QED) is 0.151. The summed E-state index contributed by atoms with van der Waals surface area (Å²) in [5, 5.41) is 0.993. The summed E-state index contributed by atoms with van der Waals surface area (Å²) in [6.07, 6.45) is 2.90. The monoisotopic (exact) mass is 540 g/mol. The average Bonchev–Trinajstić information content (AvgIpc) is 3.45. The number of hydrogen-bond acceptors (Lipinski definition) is 2. The molecule has 0 atom stereocenters.